The maximum absolute atomic E-state index is 12.1. The van der Waals surface area contributed by atoms with E-state index >= 15 is 0 Å². The second-order valence-electron chi connectivity index (χ2n) is 22.5. The zero-order valence-corrected chi connectivity index (χ0v) is 48.0. The molecular formula is C52H80Br2ClMgN3O7. The van der Waals surface area contributed by atoms with Gasteiger partial charge in [-0.25, -0.2) is 9.59 Å². The van der Waals surface area contributed by atoms with Crippen LogP contribution in [-0.2, 0) is 56.3 Å². The van der Waals surface area contributed by atoms with Crippen LogP contribution >= 0.6 is 28.3 Å². The number of amides is 2. The zero-order chi connectivity index (χ0) is 47.6. The summed E-state index contributed by atoms with van der Waals surface area (Å²) in [5.74, 6) is 0. The Bertz CT molecular complexity index is 1960. The van der Waals surface area contributed by atoms with Gasteiger partial charge < -0.3 is 64.0 Å². The fourth-order valence-corrected chi connectivity index (χ4v) is 7.34. The maximum Gasteiger partial charge on any atom is 2.00 e. The van der Waals surface area contributed by atoms with Crippen molar-refractivity contribution in [2.45, 2.75) is 166 Å². The summed E-state index contributed by atoms with van der Waals surface area (Å²) in [4.78, 5) is 23.9. The van der Waals surface area contributed by atoms with Crippen molar-refractivity contribution in [1.82, 2.24) is 10.6 Å². The minimum absolute atomic E-state index is 0. The molecule has 3 aliphatic heterocycles. The third kappa shape index (κ3) is 25.6. The molecule has 3 aromatic carbocycles. The molecule has 0 saturated carbocycles. The van der Waals surface area contributed by atoms with E-state index in [1.807, 2.05) is 59.7 Å². The van der Waals surface area contributed by atoms with Crippen LogP contribution in [-0.4, -0.2) is 66.3 Å². The van der Waals surface area contributed by atoms with Gasteiger partial charge in [-0.3, -0.25) is 0 Å². The maximum atomic E-state index is 12.1. The van der Waals surface area contributed by atoms with Crippen LogP contribution in [0.2, 0.25) is 0 Å². The molecular weight excluding hydrogens is 998 g/mol. The number of carbonyl (C=O) groups is 2. The van der Waals surface area contributed by atoms with Crippen LogP contribution in [0, 0.1) is 23.2 Å². The summed E-state index contributed by atoms with van der Waals surface area (Å²) < 4.78 is 28.1. The molecule has 3 aliphatic rings. The van der Waals surface area contributed by atoms with Crippen LogP contribution < -0.4 is 33.3 Å². The predicted molar refractivity (Wildman–Crippen MR) is 271 cm³/mol. The van der Waals surface area contributed by atoms with Crippen LogP contribution in [0.1, 0.15) is 166 Å². The van der Waals surface area contributed by atoms with E-state index in [0.29, 0.717) is 45.1 Å². The van der Waals surface area contributed by atoms with E-state index in [2.05, 4.69) is 132 Å². The number of benzene rings is 3. The Morgan fingerprint density at radius 3 is 1.33 bits per heavy atom. The Labute approximate surface area is 439 Å². The Hall–Kier alpha value is -1.94. The van der Waals surface area contributed by atoms with Gasteiger partial charge in [-0.05, 0) is 122 Å². The van der Waals surface area contributed by atoms with Crippen LogP contribution in [0.4, 0.5) is 9.59 Å². The topological polar surface area (TPSA) is 130 Å². The molecule has 6 rings (SSSR count). The zero-order valence-electron chi connectivity index (χ0n) is 42.6. The first-order chi connectivity index (χ1) is 28.8. The quantitative estimate of drug-likeness (QED) is 0.174. The number of nitrogens with one attached hydrogen (secondary N) is 2. The van der Waals surface area contributed by atoms with Crippen LogP contribution in [0.5, 0.6) is 0 Å². The predicted octanol–water partition coefficient (Wildman–Crippen LogP) is 9.63. The Morgan fingerprint density at radius 2 is 0.955 bits per heavy atom. The average molecular weight is 1080 g/mol. The second-order valence-corrected chi connectivity index (χ2v) is 23.4. The van der Waals surface area contributed by atoms with Crippen molar-refractivity contribution in [2.24, 2.45) is 22.0 Å². The summed E-state index contributed by atoms with van der Waals surface area (Å²) in [6.07, 6.45) is 1.27. The summed E-state index contributed by atoms with van der Waals surface area (Å²) in [7, 11) is 0. The first-order valence-electron chi connectivity index (χ1n) is 22.2. The molecule has 14 heteroatoms. The van der Waals surface area contributed by atoms with E-state index in [9.17, 15) is 9.59 Å². The average Bonchev–Trinajstić information content (AvgIpc) is 3.09. The van der Waals surface area contributed by atoms with Crippen LogP contribution in [0.25, 0.3) is 0 Å². The monoisotopic (exact) mass is 1080 g/mol. The number of hydrogen-bond donors (Lipinski definition) is 3. The number of halogens is 3. The molecule has 0 fully saturated rings. The van der Waals surface area contributed by atoms with Gasteiger partial charge in [0.05, 0.1) is 57.8 Å². The van der Waals surface area contributed by atoms with Gasteiger partial charge in [0.2, 0.25) is 0 Å². The summed E-state index contributed by atoms with van der Waals surface area (Å²) in [6, 6.07) is 18.8. The van der Waals surface area contributed by atoms with Gasteiger partial charge >= 0.3 is 35.2 Å². The van der Waals surface area contributed by atoms with Gasteiger partial charge in [0, 0.05) is 4.47 Å². The van der Waals surface area contributed by atoms with E-state index < -0.39 is 23.4 Å². The normalized spacial score (nSPS) is 17.6. The first kappa shape index (κ1) is 64.1. The molecule has 0 aromatic heterocycles. The van der Waals surface area contributed by atoms with Crippen molar-refractivity contribution < 1.29 is 50.3 Å². The smallest absolute Gasteiger partial charge is 1.00 e. The molecule has 368 valence electrons. The largest absolute Gasteiger partial charge is 2.00 e. The first-order valence-corrected chi connectivity index (χ1v) is 23.0. The van der Waals surface area contributed by atoms with Gasteiger partial charge in [-0.2, -0.15) is 5.41 Å². The summed E-state index contributed by atoms with van der Waals surface area (Å²) in [5, 5.41) is 5.79. The van der Waals surface area contributed by atoms with Gasteiger partial charge in [0.25, 0.3) is 0 Å². The number of fused-ring (bicyclic) bond motifs is 3. The molecule has 0 radical (unpaired) electrons. The third-order valence-corrected chi connectivity index (χ3v) is 9.66. The summed E-state index contributed by atoms with van der Waals surface area (Å²) in [6.45, 7) is 38.0. The van der Waals surface area contributed by atoms with Crippen molar-refractivity contribution in [1.29, 1.82) is 0 Å². The molecule has 0 bridgehead atoms. The van der Waals surface area contributed by atoms with E-state index in [-0.39, 0.29) is 81.4 Å². The molecule has 3 aromatic rings. The Balaban J connectivity index is 0.000000903. The fourth-order valence-electron chi connectivity index (χ4n) is 6.96. The number of rotatable bonds is 4. The number of alkyl carbamates (subject to hydrolysis) is 2. The van der Waals surface area contributed by atoms with Crippen LogP contribution in [0.3, 0.4) is 0 Å². The standard InChI is InChI=1S/C19H29NO3.C14H18BrNO3.C14H21NO.C5H11.BrH.ClH.Mg/c1-18(2,3)10-13-7-8-14-11-22-12-16(15(14)9-13)20-17(21)23-19(4,5)6;1-14(2,3)19-13(17)16-12-8-18-7-9-4-5-10(15)6-11(9)12;1-14(2,3)7-10-4-5-11-8-16-9-13(15)12(11)6-10;1-5(2,3)4;;;/h7-9,16H,10-12H2,1-6H3,(H,20,21);4-6,12H,7-8H2,1-3H3,(H,16,17);4-6,13H,7-9,15H2,1-3H3;1H2,2-4H3;2*1H;/q;;;-1;;;+2/p-1. The van der Waals surface area contributed by atoms with Crippen molar-refractivity contribution in [3.8, 4) is 0 Å². The van der Waals surface area contributed by atoms with E-state index in [0.717, 1.165) is 39.6 Å². The Morgan fingerprint density at radius 1 is 0.621 bits per heavy atom. The molecule has 4 N–H and O–H groups in total. The molecule has 0 spiro atoms. The fraction of sp³-hybridized carbons (Fsp3) is 0.596. The van der Waals surface area contributed by atoms with Gasteiger partial charge in [-0.15, -0.1) is 12.4 Å². The molecule has 2 amide bonds. The van der Waals surface area contributed by atoms with Gasteiger partial charge in [0.1, 0.15) is 11.2 Å². The van der Waals surface area contributed by atoms with Crippen molar-refractivity contribution in [2.75, 3.05) is 19.8 Å². The number of hydrogen-bond acceptors (Lipinski definition) is 8. The Kier molecular flexibility index (Phi) is 26.6. The minimum atomic E-state index is -0.503. The molecule has 3 heterocycles. The molecule has 10 nitrogen and oxygen atoms in total. The molecule has 0 aliphatic carbocycles. The molecule has 3 atom stereocenters. The molecule has 0 saturated heterocycles. The summed E-state index contributed by atoms with van der Waals surface area (Å²) >= 11 is 3.45. The summed E-state index contributed by atoms with van der Waals surface area (Å²) in [5.41, 5.74) is 15.5. The van der Waals surface area contributed by atoms with Crippen LogP contribution in [0.15, 0.2) is 59.1 Å². The van der Waals surface area contributed by atoms with Gasteiger partial charge in [-0.1, -0.05) is 121 Å². The molecule has 66 heavy (non-hydrogen) atoms. The second kappa shape index (κ2) is 27.4. The van der Waals surface area contributed by atoms with Gasteiger partial charge in [0.15, 0.2) is 0 Å². The van der Waals surface area contributed by atoms with E-state index in [4.69, 9.17) is 29.4 Å². The number of carbonyl (C=O) groups excluding carboxylic acids is 2. The molecule has 3 unspecified atom stereocenters. The van der Waals surface area contributed by atoms with E-state index in [1.165, 1.54) is 22.3 Å². The van der Waals surface area contributed by atoms with Crippen molar-refractivity contribution in [3.63, 3.8) is 0 Å². The van der Waals surface area contributed by atoms with Crippen molar-refractivity contribution >= 4 is 63.6 Å². The number of nitrogens with two attached hydrogens (primary N) is 1. The van der Waals surface area contributed by atoms with Crippen molar-refractivity contribution in [3.05, 3.63) is 111 Å². The minimum Gasteiger partial charge on any atom is -1.00 e. The SMILES string of the molecule is CC(C)(C)Cc1ccc2c(c1)C(N)COC2.CC(C)(C)Cc1ccc2c(c1)C(NC(=O)OC(C)(C)C)COC2.CC(C)(C)OC(=O)NC1COCc2ccc(Br)cc21.Cl.[Br-].[CH2-]C(C)(C)C.[Mg+2]. The van der Waals surface area contributed by atoms with E-state index in [1.54, 1.807) is 0 Å². The third-order valence-electron chi connectivity index (χ3n) is 9.17. The number of ether oxygens (including phenoxy) is 5.